The molecule has 0 saturated heterocycles. The molecule has 0 aliphatic carbocycles. The number of carbonyl (C=O) groups is 1. The average molecular weight is 383 g/mol. The topological polar surface area (TPSA) is 45.1 Å². The van der Waals surface area contributed by atoms with E-state index < -0.39 is 0 Å². The monoisotopic (exact) mass is 383 g/mol. The summed E-state index contributed by atoms with van der Waals surface area (Å²) in [5.41, 5.74) is 2.35. The summed E-state index contributed by atoms with van der Waals surface area (Å²) in [7, 11) is 1.61. The number of nitrogens with zero attached hydrogens (tertiary/aromatic N) is 3. The highest BCUT2D eigenvalue weighted by Gasteiger charge is 2.34. The molecular formula is C22H26FN3O2. The Morgan fingerprint density at radius 1 is 1.21 bits per heavy atom. The molecule has 0 N–H and O–H groups in total. The standard InChI is InChI=1S/C22H26FN3O2/c1-4-25(5-2)15-22(27)26-20(16-9-8-10-17(23)13-16)14-19(24-26)18-11-6-7-12-21(18)28-3/h6-13,20H,4-5,14-15H2,1-3H3. The highest BCUT2D eigenvalue weighted by molar-refractivity contribution is 6.05. The molecule has 2 aromatic carbocycles. The van der Waals surface area contributed by atoms with E-state index >= 15 is 0 Å². The van der Waals surface area contributed by atoms with Crippen molar-refractivity contribution in [2.45, 2.75) is 26.3 Å². The van der Waals surface area contributed by atoms with Crippen molar-refractivity contribution in [2.75, 3.05) is 26.7 Å². The number of para-hydroxylation sites is 1. The summed E-state index contributed by atoms with van der Waals surface area (Å²) in [5.74, 6) is 0.291. The Morgan fingerprint density at radius 2 is 1.96 bits per heavy atom. The van der Waals surface area contributed by atoms with Crippen LogP contribution in [0, 0.1) is 5.82 Å². The Hall–Kier alpha value is -2.73. The van der Waals surface area contributed by atoms with Crippen molar-refractivity contribution in [1.29, 1.82) is 0 Å². The van der Waals surface area contributed by atoms with Crippen molar-refractivity contribution in [3.8, 4) is 5.75 Å². The van der Waals surface area contributed by atoms with Gasteiger partial charge in [0, 0.05) is 12.0 Å². The summed E-state index contributed by atoms with van der Waals surface area (Å²) in [6.45, 7) is 5.89. The molecule has 3 rings (SSSR count). The van der Waals surface area contributed by atoms with Crippen molar-refractivity contribution in [1.82, 2.24) is 9.91 Å². The van der Waals surface area contributed by atoms with Gasteiger partial charge in [0.05, 0.1) is 25.4 Å². The third-order valence-electron chi connectivity index (χ3n) is 5.07. The predicted octanol–water partition coefficient (Wildman–Crippen LogP) is 3.85. The molecule has 1 aliphatic rings. The molecule has 1 unspecified atom stereocenters. The minimum Gasteiger partial charge on any atom is -0.496 e. The first-order valence-corrected chi connectivity index (χ1v) is 9.58. The Bertz CT molecular complexity index is 864. The number of likely N-dealkylation sites (N-methyl/N-ethyl adjacent to an activating group) is 1. The second kappa shape index (κ2) is 8.97. The Balaban J connectivity index is 1.96. The molecule has 148 valence electrons. The van der Waals surface area contributed by atoms with Gasteiger partial charge in [-0.2, -0.15) is 5.10 Å². The third-order valence-corrected chi connectivity index (χ3v) is 5.07. The molecule has 1 amide bonds. The van der Waals surface area contributed by atoms with E-state index in [4.69, 9.17) is 4.74 Å². The molecular weight excluding hydrogens is 357 g/mol. The number of halogens is 1. The quantitative estimate of drug-likeness (QED) is 0.729. The normalized spacial score (nSPS) is 16.4. The molecule has 0 saturated carbocycles. The molecule has 28 heavy (non-hydrogen) atoms. The number of hydrogen-bond acceptors (Lipinski definition) is 4. The number of hydrogen-bond donors (Lipinski definition) is 0. The fourth-order valence-corrected chi connectivity index (χ4v) is 3.47. The number of methoxy groups -OCH3 is 1. The van der Waals surface area contributed by atoms with Crippen LogP contribution in [-0.2, 0) is 4.79 Å². The highest BCUT2D eigenvalue weighted by Crippen LogP contribution is 2.35. The average Bonchev–Trinajstić information content (AvgIpc) is 3.17. The van der Waals surface area contributed by atoms with Crippen LogP contribution in [0.3, 0.4) is 0 Å². The first-order valence-electron chi connectivity index (χ1n) is 9.58. The molecule has 1 aliphatic heterocycles. The summed E-state index contributed by atoms with van der Waals surface area (Å²) in [6.07, 6.45) is 0.508. The van der Waals surface area contributed by atoms with E-state index in [1.54, 1.807) is 13.2 Å². The second-order valence-electron chi connectivity index (χ2n) is 6.72. The van der Waals surface area contributed by atoms with Gasteiger partial charge in [-0.15, -0.1) is 0 Å². The van der Waals surface area contributed by atoms with Gasteiger partial charge in [0.2, 0.25) is 0 Å². The van der Waals surface area contributed by atoms with Gasteiger partial charge in [-0.3, -0.25) is 9.69 Å². The van der Waals surface area contributed by atoms with E-state index in [1.165, 1.54) is 17.1 Å². The summed E-state index contributed by atoms with van der Waals surface area (Å²) in [5, 5.41) is 6.16. The molecule has 0 fully saturated rings. The fourth-order valence-electron chi connectivity index (χ4n) is 3.47. The predicted molar refractivity (Wildman–Crippen MR) is 108 cm³/mol. The van der Waals surface area contributed by atoms with E-state index in [1.807, 2.05) is 49.1 Å². The first-order chi connectivity index (χ1) is 13.6. The molecule has 0 spiro atoms. The van der Waals surface area contributed by atoms with Gasteiger partial charge >= 0.3 is 0 Å². The smallest absolute Gasteiger partial charge is 0.257 e. The molecule has 1 heterocycles. The van der Waals surface area contributed by atoms with E-state index in [2.05, 4.69) is 5.10 Å². The van der Waals surface area contributed by atoms with Crippen LogP contribution < -0.4 is 4.74 Å². The molecule has 2 aromatic rings. The van der Waals surface area contributed by atoms with E-state index in [9.17, 15) is 9.18 Å². The van der Waals surface area contributed by atoms with Crippen LogP contribution in [-0.4, -0.2) is 48.3 Å². The third kappa shape index (κ3) is 4.22. The van der Waals surface area contributed by atoms with Gasteiger partial charge in [0.1, 0.15) is 11.6 Å². The summed E-state index contributed by atoms with van der Waals surface area (Å²) in [4.78, 5) is 15.1. The van der Waals surface area contributed by atoms with Crippen molar-refractivity contribution in [3.05, 3.63) is 65.5 Å². The van der Waals surface area contributed by atoms with Gasteiger partial charge in [-0.1, -0.05) is 38.1 Å². The second-order valence-corrected chi connectivity index (χ2v) is 6.72. The minimum atomic E-state index is -0.335. The van der Waals surface area contributed by atoms with Crippen LogP contribution in [0.5, 0.6) is 5.75 Å². The zero-order valence-electron chi connectivity index (χ0n) is 16.6. The number of ether oxygens (including phenoxy) is 1. The van der Waals surface area contributed by atoms with Gasteiger partial charge in [-0.05, 0) is 42.9 Å². The number of hydrazone groups is 1. The lowest BCUT2D eigenvalue weighted by Gasteiger charge is -2.25. The van der Waals surface area contributed by atoms with Crippen molar-refractivity contribution < 1.29 is 13.9 Å². The van der Waals surface area contributed by atoms with E-state index in [-0.39, 0.29) is 24.3 Å². The Morgan fingerprint density at radius 3 is 2.64 bits per heavy atom. The first kappa shape index (κ1) is 20.0. The summed E-state index contributed by atoms with van der Waals surface area (Å²) in [6, 6.07) is 13.7. The zero-order valence-corrected chi connectivity index (χ0v) is 16.6. The van der Waals surface area contributed by atoms with Gasteiger partial charge in [0.15, 0.2) is 0 Å². The van der Waals surface area contributed by atoms with Crippen LogP contribution in [0.15, 0.2) is 53.6 Å². The van der Waals surface area contributed by atoms with Crippen LogP contribution in [0.25, 0.3) is 0 Å². The number of amides is 1. The van der Waals surface area contributed by atoms with Crippen molar-refractivity contribution in [2.24, 2.45) is 5.10 Å². The zero-order chi connectivity index (χ0) is 20.1. The highest BCUT2D eigenvalue weighted by atomic mass is 19.1. The lowest BCUT2D eigenvalue weighted by Crippen LogP contribution is -2.38. The maximum absolute atomic E-state index is 13.8. The Labute approximate surface area is 165 Å². The summed E-state index contributed by atoms with van der Waals surface area (Å²) >= 11 is 0. The van der Waals surface area contributed by atoms with Gasteiger partial charge < -0.3 is 4.74 Å². The fraction of sp³-hybridized carbons (Fsp3) is 0.364. The van der Waals surface area contributed by atoms with Crippen LogP contribution in [0.2, 0.25) is 0 Å². The molecule has 0 radical (unpaired) electrons. The van der Waals surface area contributed by atoms with E-state index in [0.717, 1.165) is 29.9 Å². The molecule has 5 nitrogen and oxygen atoms in total. The van der Waals surface area contributed by atoms with Crippen molar-refractivity contribution >= 4 is 11.6 Å². The SMILES string of the molecule is CCN(CC)CC(=O)N1N=C(c2ccccc2OC)CC1c1cccc(F)c1. The molecule has 1 atom stereocenters. The molecule has 6 heteroatoms. The molecule has 0 bridgehead atoms. The largest absolute Gasteiger partial charge is 0.496 e. The lowest BCUT2D eigenvalue weighted by molar-refractivity contribution is -0.134. The number of benzene rings is 2. The van der Waals surface area contributed by atoms with Gasteiger partial charge in [0.25, 0.3) is 5.91 Å². The van der Waals surface area contributed by atoms with Crippen LogP contribution in [0.4, 0.5) is 4.39 Å². The molecule has 0 aromatic heterocycles. The van der Waals surface area contributed by atoms with Crippen LogP contribution >= 0.6 is 0 Å². The Kier molecular flexibility index (Phi) is 6.41. The maximum atomic E-state index is 13.8. The number of rotatable bonds is 7. The van der Waals surface area contributed by atoms with Crippen molar-refractivity contribution in [3.63, 3.8) is 0 Å². The van der Waals surface area contributed by atoms with Crippen LogP contribution in [0.1, 0.15) is 37.4 Å². The summed E-state index contributed by atoms with van der Waals surface area (Å²) < 4.78 is 19.3. The minimum absolute atomic E-state index is 0.0946. The van der Waals surface area contributed by atoms with Gasteiger partial charge in [-0.25, -0.2) is 9.40 Å². The maximum Gasteiger partial charge on any atom is 0.257 e. The lowest BCUT2D eigenvalue weighted by atomic mass is 9.98. The van der Waals surface area contributed by atoms with E-state index in [0.29, 0.717) is 12.2 Å². The number of carbonyl (C=O) groups excluding carboxylic acids is 1.